The fourth-order valence-corrected chi connectivity index (χ4v) is 2.23. The van der Waals surface area contributed by atoms with Gasteiger partial charge in [-0.1, -0.05) is 11.6 Å². The Kier molecular flexibility index (Phi) is 5.78. The predicted molar refractivity (Wildman–Crippen MR) is 93.1 cm³/mol. The van der Waals surface area contributed by atoms with E-state index < -0.39 is 16.1 Å². The first-order valence-electron chi connectivity index (χ1n) is 6.67. The molecule has 7 nitrogen and oxygen atoms in total. The molecule has 0 heterocycles. The van der Waals surface area contributed by atoms with Gasteiger partial charge in [0.15, 0.2) is 0 Å². The molecule has 0 saturated carbocycles. The van der Waals surface area contributed by atoms with Crippen molar-refractivity contribution in [3.05, 3.63) is 59.1 Å². The zero-order chi connectivity index (χ0) is 17.6. The Morgan fingerprint density at radius 1 is 1.12 bits per heavy atom. The highest BCUT2D eigenvalue weighted by atomic mass is 35.5. The molecule has 0 aromatic heterocycles. The van der Waals surface area contributed by atoms with E-state index in [9.17, 15) is 13.2 Å². The maximum Gasteiger partial charge on any atom is 0.339 e. The molecule has 2 rings (SSSR count). The van der Waals surface area contributed by atoms with Crippen LogP contribution in [0, 0.1) is 0 Å². The van der Waals surface area contributed by atoms with Gasteiger partial charge in [-0.2, -0.15) is 13.5 Å². The smallest absolute Gasteiger partial charge is 0.339 e. The number of nitrogens with zero attached hydrogens (tertiary/aromatic N) is 1. The highest BCUT2D eigenvalue weighted by Crippen LogP contribution is 2.14. The Bertz CT molecular complexity index is 834. The molecule has 2 aromatic carbocycles. The van der Waals surface area contributed by atoms with Gasteiger partial charge in [-0.05, 0) is 54.1 Å². The Balaban J connectivity index is 1.87. The van der Waals surface area contributed by atoms with Gasteiger partial charge in [0.2, 0.25) is 0 Å². The van der Waals surface area contributed by atoms with Crippen LogP contribution < -0.4 is 14.9 Å². The number of hydrazone groups is 1. The molecule has 0 bridgehead atoms. The van der Waals surface area contributed by atoms with Crippen molar-refractivity contribution in [2.24, 2.45) is 5.10 Å². The van der Waals surface area contributed by atoms with Crippen LogP contribution in [0.15, 0.2) is 53.6 Å². The van der Waals surface area contributed by atoms with Gasteiger partial charge in [-0.3, -0.25) is 0 Å². The van der Waals surface area contributed by atoms with Crippen LogP contribution in [0.2, 0.25) is 5.02 Å². The maximum absolute atomic E-state index is 11.6. The quantitative estimate of drug-likeness (QED) is 0.482. The highest BCUT2D eigenvalue weighted by Gasteiger charge is 2.03. The molecule has 0 aliphatic heterocycles. The van der Waals surface area contributed by atoms with Gasteiger partial charge in [0.25, 0.3) is 0 Å². The lowest BCUT2D eigenvalue weighted by molar-refractivity contribution is 0.252. The number of nitrogens with one attached hydrogen (secondary N) is 2. The first-order chi connectivity index (χ1) is 11.3. The molecule has 2 aromatic rings. The monoisotopic (exact) mass is 367 g/mol. The van der Waals surface area contributed by atoms with E-state index in [1.165, 1.54) is 18.3 Å². The Morgan fingerprint density at radius 3 is 2.33 bits per heavy atom. The summed E-state index contributed by atoms with van der Waals surface area (Å²) in [5, 5.41) is 6.94. The van der Waals surface area contributed by atoms with Gasteiger partial charge in [0.05, 0.1) is 12.5 Å². The number of urea groups is 1. The summed E-state index contributed by atoms with van der Waals surface area (Å²) in [6.07, 6.45) is 2.37. The Labute approximate surface area is 144 Å². The molecule has 24 heavy (non-hydrogen) atoms. The van der Waals surface area contributed by atoms with Gasteiger partial charge in [0.1, 0.15) is 5.75 Å². The molecular formula is C15H14ClN3O4S. The third-order valence-electron chi connectivity index (χ3n) is 2.61. The second-order valence-electron chi connectivity index (χ2n) is 4.69. The van der Waals surface area contributed by atoms with E-state index in [1.807, 2.05) is 0 Å². The average Bonchev–Trinajstić information content (AvgIpc) is 2.50. The number of carbonyl (C=O) groups excluding carboxylic acids is 1. The highest BCUT2D eigenvalue weighted by molar-refractivity contribution is 7.86. The predicted octanol–water partition coefficient (Wildman–Crippen LogP) is 2.83. The summed E-state index contributed by atoms with van der Waals surface area (Å²) in [6.45, 7) is 0. The van der Waals surface area contributed by atoms with E-state index in [0.717, 1.165) is 6.26 Å². The number of halogens is 1. The molecule has 0 saturated heterocycles. The third-order valence-corrected chi connectivity index (χ3v) is 3.36. The zero-order valence-electron chi connectivity index (χ0n) is 12.6. The molecular weight excluding hydrogens is 354 g/mol. The van der Waals surface area contributed by atoms with Gasteiger partial charge in [0, 0.05) is 10.7 Å². The van der Waals surface area contributed by atoms with Crippen LogP contribution in [-0.4, -0.2) is 26.9 Å². The van der Waals surface area contributed by atoms with Gasteiger partial charge in [-0.25, -0.2) is 10.2 Å². The van der Waals surface area contributed by atoms with Crippen LogP contribution in [-0.2, 0) is 10.1 Å². The van der Waals surface area contributed by atoms with Gasteiger partial charge in [-0.15, -0.1) is 0 Å². The summed E-state index contributed by atoms with van der Waals surface area (Å²) in [5.74, 6) is 0.197. The molecule has 0 spiro atoms. The van der Waals surface area contributed by atoms with Crippen molar-refractivity contribution in [2.75, 3.05) is 11.6 Å². The van der Waals surface area contributed by atoms with Crippen molar-refractivity contribution in [3.63, 3.8) is 0 Å². The number of anilines is 1. The molecule has 0 unspecified atom stereocenters. The summed E-state index contributed by atoms with van der Waals surface area (Å²) >= 11 is 5.75. The second-order valence-corrected chi connectivity index (χ2v) is 6.70. The average molecular weight is 368 g/mol. The van der Waals surface area contributed by atoms with Crippen molar-refractivity contribution in [1.82, 2.24) is 5.43 Å². The van der Waals surface area contributed by atoms with Crippen LogP contribution in [0.25, 0.3) is 0 Å². The summed E-state index contributed by atoms with van der Waals surface area (Å²) in [7, 11) is -3.56. The summed E-state index contributed by atoms with van der Waals surface area (Å²) in [4.78, 5) is 11.6. The summed E-state index contributed by atoms with van der Waals surface area (Å²) < 4.78 is 26.7. The van der Waals surface area contributed by atoms with Crippen molar-refractivity contribution in [3.8, 4) is 5.75 Å². The molecule has 0 atom stereocenters. The van der Waals surface area contributed by atoms with Crippen LogP contribution in [0.3, 0.4) is 0 Å². The lowest BCUT2D eigenvalue weighted by atomic mass is 10.2. The Hall–Kier alpha value is -2.58. The normalized spacial score (nSPS) is 11.2. The standard InChI is InChI=1S/C15H14ClN3O4S/c1-24(21,22)23-14-8-2-11(3-9-14)10-17-19-15(20)18-13-6-4-12(16)5-7-13/h2-10H,1H3,(H2,18,19,20)/b17-10+. The maximum atomic E-state index is 11.6. The number of rotatable bonds is 5. The molecule has 0 radical (unpaired) electrons. The minimum absolute atomic E-state index is 0.197. The van der Waals surface area contributed by atoms with Crippen molar-refractivity contribution in [2.45, 2.75) is 0 Å². The minimum Gasteiger partial charge on any atom is -0.383 e. The molecule has 0 aliphatic rings. The van der Waals surface area contributed by atoms with E-state index >= 15 is 0 Å². The van der Waals surface area contributed by atoms with Crippen LogP contribution >= 0.6 is 11.6 Å². The van der Waals surface area contributed by atoms with Crippen LogP contribution in [0.5, 0.6) is 5.75 Å². The van der Waals surface area contributed by atoms with E-state index in [2.05, 4.69) is 15.8 Å². The molecule has 126 valence electrons. The van der Waals surface area contributed by atoms with Crippen LogP contribution in [0.4, 0.5) is 10.5 Å². The first kappa shape index (κ1) is 17.8. The number of benzene rings is 2. The van der Waals surface area contributed by atoms with Gasteiger partial charge < -0.3 is 9.50 Å². The molecule has 0 fully saturated rings. The molecule has 2 amide bonds. The van der Waals surface area contributed by atoms with E-state index in [-0.39, 0.29) is 5.75 Å². The molecule has 2 N–H and O–H groups in total. The fraction of sp³-hybridized carbons (Fsp3) is 0.0667. The molecule has 9 heteroatoms. The number of carbonyl (C=O) groups is 1. The van der Waals surface area contributed by atoms with E-state index in [4.69, 9.17) is 15.8 Å². The van der Waals surface area contributed by atoms with E-state index in [0.29, 0.717) is 16.3 Å². The van der Waals surface area contributed by atoms with E-state index in [1.54, 1.807) is 36.4 Å². The minimum atomic E-state index is -3.56. The largest absolute Gasteiger partial charge is 0.383 e. The van der Waals surface area contributed by atoms with Gasteiger partial charge >= 0.3 is 16.1 Å². The van der Waals surface area contributed by atoms with Crippen molar-refractivity contribution < 1.29 is 17.4 Å². The van der Waals surface area contributed by atoms with Crippen LogP contribution in [0.1, 0.15) is 5.56 Å². The molecule has 0 aliphatic carbocycles. The SMILES string of the molecule is CS(=O)(=O)Oc1ccc(/C=N/NC(=O)Nc2ccc(Cl)cc2)cc1. The number of amides is 2. The van der Waals surface area contributed by atoms with Crippen molar-refractivity contribution >= 4 is 39.7 Å². The summed E-state index contributed by atoms with van der Waals surface area (Å²) in [5.41, 5.74) is 3.54. The summed E-state index contributed by atoms with van der Waals surface area (Å²) in [6, 6.07) is 12.3. The topological polar surface area (TPSA) is 96.9 Å². The number of hydrogen-bond donors (Lipinski definition) is 2. The second kappa shape index (κ2) is 7.80. The van der Waals surface area contributed by atoms with Crippen molar-refractivity contribution in [1.29, 1.82) is 0 Å². The lowest BCUT2D eigenvalue weighted by Gasteiger charge is -2.04. The third kappa shape index (κ3) is 6.27. The zero-order valence-corrected chi connectivity index (χ0v) is 14.1. The fourth-order valence-electron chi connectivity index (χ4n) is 1.64. The lowest BCUT2D eigenvalue weighted by Crippen LogP contribution is -2.24. The first-order valence-corrected chi connectivity index (χ1v) is 8.86. The number of hydrogen-bond acceptors (Lipinski definition) is 5. The Morgan fingerprint density at radius 2 is 1.75 bits per heavy atom.